The van der Waals surface area contributed by atoms with Crippen molar-refractivity contribution in [1.29, 1.82) is 0 Å². The highest BCUT2D eigenvalue weighted by Gasteiger charge is 2.29. The molecule has 1 aromatic heterocycles. The molecule has 1 saturated heterocycles. The molecular weight excluding hydrogens is 358 g/mol. The van der Waals surface area contributed by atoms with E-state index in [-0.39, 0.29) is 16.9 Å². The third-order valence-electron chi connectivity index (χ3n) is 3.63. The van der Waals surface area contributed by atoms with Crippen LogP contribution in [0.2, 0.25) is 0 Å². The highest BCUT2D eigenvalue weighted by atomic mass is 79.9. The second-order valence-corrected chi connectivity index (χ2v) is 7.62. The van der Waals surface area contributed by atoms with Crippen molar-refractivity contribution < 1.29 is 13.2 Å². The van der Waals surface area contributed by atoms with Crippen LogP contribution in [-0.2, 0) is 14.8 Å². The number of halogens is 1. The van der Waals surface area contributed by atoms with Crippen molar-refractivity contribution in [1.82, 2.24) is 9.71 Å². The summed E-state index contributed by atoms with van der Waals surface area (Å²) in [7, 11) is -1.96. The van der Waals surface area contributed by atoms with Crippen molar-refractivity contribution in [2.75, 3.05) is 25.5 Å². The largest absolute Gasteiger partial charge is 0.378 e. The number of anilines is 1. The van der Waals surface area contributed by atoms with Crippen molar-refractivity contribution in [2.45, 2.75) is 30.8 Å². The number of hydrogen-bond acceptors (Lipinski definition) is 5. The van der Waals surface area contributed by atoms with Gasteiger partial charge in [0.25, 0.3) is 0 Å². The summed E-state index contributed by atoms with van der Waals surface area (Å²) in [5.41, 5.74) is 0. The molecule has 8 heteroatoms. The molecule has 6 nitrogen and oxygen atoms in total. The maximum Gasteiger partial charge on any atom is 0.244 e. The summed E-state index contributed by atoms with van der Waals surface area (Å²) in [4.78, 5) is 4.22. The minimum absolute atomic E-state index is 0.136. The Morgan fingerprint density at radius 3 is 2.95 bits per heavy atom. The number of hydrogen-bond donors (Lipinski definition) is 2. The normalized spacial score (nSPS) is 22.4. The molecule has 0 spiro atoms. The van der Waals surface area contributed by atoms with Gasteiger partial charge in [-0.15, -0.1) is 0 Å². The molecule has 2 N–H and O–H groups in total. The summed E-state index contributed by atoms with van der Waals surface area (Å²) in [6.07, 6.45) is 3.48. The molecule has 2 atom stereocenters. The van der Waals surface area contributed by atoms with E-state index in [1.165, 1.54) is 0 Å². The van der Waals surface area contributed by atoms with Crippen LogP contribution in [0.15, 0.2) is 21.6 Å². The molecule has 1 aliphatic heterocycles. The second kappa shape index (κ2) is 7.04. The van der Waals surface area contributed by atoms with Crippen LogP contribution in [0.5, 0.6) is 0 Å². The summed E-state index contributed by atoms with van der Waals surface area (Å²) in [5.74, 6) is 0.559. The summed E-state index contributed by atoms with van der Waals surface area (Å²) in [6, 6.07) is 1.55. The fourth-order valence-corrected chi connectivity index (χ4v) is 4.25. The molecule has 2 rings (SSSR count). The van der Waals surface area contributed by atoms with Crippen LogP contribution in [0.3, 0.4) is 0 Å². The van der Waals surface area contributed by atoms with Gasteiger partial charge in [0.15, 0.2) is 0 Å². The zero-order chi connectivity index (χ0) is 15.5. The van der Waals surface area contributed by atoms with Crippen LogP contribution in [0, 0.1) is 5.92 Å². The molecular formula is C13H20BrN3O3S. The Bertz CT molecular complexity index is 594. The average Bonchev–Trinajstić information content (AvgIpc) is 2.92. The van der Waals surface area contributed by atoms with Crippen LogP contribution in [0.1, 0.15) is 19.8 Å². The Kier molecular flexibility index (Phi) is 5.59. The molecule has 0 saturated carbocycles. The predicted molar refractivity (Wildman–Crippen MR) is 84.8 cm³/mol. The maximum absolute atomic E-state index is 12.5. The first-order valence-corrected chi connectivity index (χ1v) is 9.20. The van der Waals surface area contributed by atoms with E-state index in [2.05, 4.69) is 37.9 Å². The van der Waals surface area contributed by atoms with Gasteiger partial charge in [0.05, 0.1) is 6.10 Å². The molecule has 1 fully saturated rings. The third kappa shape index (κ3) is 3.94. The lowest BCUT2D eigenvalue weighted by Crippen LogP contribution is -2.33. The Morgan fingerprint density at radius 2 is 2.29 bits per heavy atom. The van der Waals surface area contributed by atoms with E-state index in [4.69, 9.17) is 4.74 Å². The lowest BCUT2D eigenvalue weighted by molar-refractivity contribution is 0.0884. The van der Waals surface area contributed by atoms with E-state index in [1.807, 2.05) is 0 Å². The monoisotopic (exact) mass is 377 g/mol. The minimum atomic E-state index is -3.61. The highest BCUT2D eigenvalue weighted by Crippen LogP contribution is 2.25. The summed E-state index contributed by atoms with van der Waals surface area (Å²) < 4.78 is 33.8. The Morgan fingerprint density at radius 1 is 1.52 bits per heavy atom. The minimum Gasteiger partial charge on any atom is -0.378 e. The van der Waals surface area contributed by atoms with Gasteiger partial charge < -0.3 is 10.1 Å². The van der Waals surface area contributed by atoms with Gasteiger partial charge in [0, 0.05) is 36.8 Å². The van der Waals surface area contributed by atoms with Crippen molar-refractivity contribution in [2.24, 2.45) is 5.92 Å². The van der Waals surface area contributed by atoms with Gasteiger partial charge in [-0.1, -0.05) is 6.92 Å². The van der Waals surface area contributed by atoms with Crippen molar-refractivity contribution in [3.63, 3.8) is 0 Å². The summed E-state index contributed by atoms with van der Waals surface area (Å²) in [6.45, 7) is 3.14. The first-order chi connectivity index (χ1) is 9.97. The van der Waals surface area contributed by atoms with Crippen molar-refractivity contribution in [3.8, 4) is 0 Å². The van der Waals surface area contributed by atoms with Crippen LogP contribution in [0.25, 0.3) is 0 Å². The zero-order valence-corrected chi connectivity index (χ0v) is 14.5. The van der Waals surface area contributed by atoms with E-state index in [0.29, 0.717) is 23.4 Å². The first-order valence-electron chi connectivity index (χ1n) is 6.92. The van der Waals surface area contributed by atoms with Gasteiger partial charge in [-0.05, 0) is 34.8 Å². The predicted octanol–water partition coefficient (Wildman–Crippen LogP) is 1.98. The molecule has 0 radical (unpaired) electrons. The molecule has 0 amide bonds. The molecule has 0 bridgehead atoms. The number of ether oxygens (including phenoxy) is 1. The van der Waals surface area contributed by atoms with Gasteiger partial charge in [-0.25, -0.2) is 18.1 Å². The van der Waals surface area contributed by atoms with E-state index in [1.54, 1.807) is 19.3 Å². The van der Waals surface area contributed by atoms with E-state index >= 15 is 0 Å². The summed E-state index contributed by atoms with van der Waals surface area (Å²) >= 11 is 3.25. The molecule has 2 unspecified atom stereocenters. The Hall–Kier alpha value is -0.700. The van der Waals surface area contributed by atoms with Crippen LogP contribution < -0.4 is 10.0 Å². The van der Waals surface area contributed by atoms with Crippen molar-refractivity contribution >= 4 is 31.8 Å². The lowest BCUT2D eigenvalue weighted by atomic mass is 10.0. The molecule has 21 heavy (non-hydrogen) atoms. The lowest BCUT2D eigenvalue weighted by Gasteiger charge is -2.18. The number of nitrogens with one attached hydrogen (secondary N) is 2. The Labute approximate surface area is 133 Å². The highest BCUT2D eigenvalue weighted by molar-refractivity contribution is 9.10. The fraction of sp³-hybridized carbons (Fsp3) is 0.615. The maximum atomic E-state index is 12.5. The second-order valence-electron chi connectivity index (χ2n) is 4.97. The van der Waals surface area contributed by atoms with E-state index < -0.39 is 10.0 Å². The van der Waals surface area contributed by atoms with Gasteiger partial charge in [0.1, 0.15) is 10.7 Å². The zero-order valence-electron chi connectivity index (χ0n) is 12.1. The first kappa shape index (κ1) is 16.7. The van der Waals surface area contributed by atoms with Gasteiger partial charge in [-0.2, -0.15) is 0 Å². The van der Waals surface area contributed by atoms with Gasteiger partial charge in [0.2, 0.25) is 10.0 Å². The number of sulfonamides is 1. The average molecular weight is 378 g/mol. The van der Waals surface area contributed by atoms with Crippen LogP contribution >= 0.6 is 15.9 Å². The molecule has 1 aliphatic rings. The van der Waals surface area contributed by atoms with Gasteiger partial charge >= 0.3 is 0 Å². The van der Waals surface area contributed by atoms with Crippen LogP contribution in [0.4, 0.5) is 5.82 Å². The molecule has 2 heterocycles. The number of nitrogens with zero attached hydrogens (tertiary/aromatic N) is 1. The third-order valence-corrected chi connectivity index (χ3v) is 5.50. The molecule has 0 aromatic carbocycles. The summed E-state index contributed by atoms with van der Waals surface area (Å²) in [5, 5.41) is 2.80. The van der Waals surface area contributed by atoms with E-state index in [0.717, 1.165) is 12.8 Å². The SMILES string of the molecule is CCC1OCCC1CNS(=O)(=O)c1cc(Br)cnc1NC. The topological polar surface area (TPSA) is 80.3 Å². The van der Waals surface area contributed by atoms with E-state index in [9.17, 15) is 8.42 Å². The standard InChI is InChI=1S/C13H20BrN3O3S/c1-3-11-9(4-5-20-11)7-17-21(18,19)12-6-10(14)8-16-13(12)15-2/h6,8-9,11,17H,3-5,7H2,1-2H3,(H,15,16). The fourth-order valence-electron chi connectivity index (χ4n) is 2.49. The van der Waals surface area contributed by atoms with Crippen molar-refractivity contribution in [3.05, 3.63) is 16.7 Å². The van der Waals surface area contributed by atoms with Gasteiger partial charge in [-0.3, -0.25) is 0 Å². The number of rotatable bonds is 6. The molecule has 118 valence electrons. The molecule has 1 aromatic rings. The van der Waals surface area contributed by atoms with Crippen LogP contribution in [-0.4, -0.2) is 39.7 Å². The Balaban J connectivity index is 2.13. The quantitative estimate of drug-likeness (QED) is 0.791. The number of aromatic nitrogens is 1. The smallest absolute Gasteiger partial charge is 0.244 e. The molecule has 0 aliphatic carbocycles. The number of pyridine rings is 1.